The first-order valence-corrected chi connectivity index (χ1v) is 14.4. The highest BCUT2D eigenvalue weighted by Crippen LogP contribution is 2.47. The van der Waals surface area contributed by atoms with Crippen molar-refractivity contribution in [2.24, 2.45) is 11.8 Å². The van der Waals surface area contributed by atoms with E-state index >= 15 is 0 Å². The summed E-state index contributed by atoms with van der Waals surface area (Å²) >= 11 is 1.68. The van der Waals surface area contributed by atoms with Crippen LogP contribution >= 0.6 is 11.8 Å². The fraction of sp³-hybridized carbons (Fsp3) is 0.387. The summed E-state index contributed by atoms with van der Waals surface area (Å²) in [7, 11) is 1.29. The molecule has 2 aliphatic rings. The van der Waals surface area contributed by atoms with E-state index in [0.717, 1.165) is 11.3 Å². The third-order valence-electron chi connectivity index (χ3n) is 7.10. The van der Waals surface area contributed by atoms with Gasteiger partial charge in [0.25, 0.3) is 0 Å². The van der Waals surface area contributed by atoms with Crippen molar-refractivity contribution in [3.8, 4) is 5.75 Å². The zero-order valence-electron chi connectivity index (χ0n) is 22.8. The van der Waals surface area contributed by atoms with E-state index in [1.807, 2.05) is 75.4 Å². The summed E-state index contributed by atoms with van der Waals surface area (Å²) in [4.78, 5) is 40.3. The number of dihydropyridines is 1. The Balaban J connectivity index is 1.78. The lowest BCUT2D eigenvalue weighted by molar-refractivity contribution is -0.151. The van der Waals surface area contributed by atoms with Crippen molar-refractivity contribution < 1.29 is 28.6 Å². The number of ketones is 1. The summed E-state index contributed by atoms with van der Waals surface area (Å²) < 4.78 is 16.9. The van der Waals surface area contributed by atoms with Gasteiger partial charge in [-0.05, 0) is 36.6 Å². The second kappa shape index (κ2) is 13.0. The number of esters is 2. The van der Waals surface area contributed by atoms with Crippen molar-refractivity contribution in [3.05, 3.63) is 88.3 Å². The average molecular weight is 550 g/mol. The number of ether oxygens (including phenoxy) is 3. The van der Waals surface area contributed by atoms with Crippen LogP contribution in [0.5, 0.6) is 5.75 Å². The van der Waals surface area contributed by atoms with Crippen molar-refractivity contribution >= 4 is 29.5 Å². The van der Waals surface area contributed by atoms with Gasteiger partial charge >= 0.3 is 11.9 Å². The Hall–Kier alpha value is -3.52. The molecule has 0 aromatic heterocycles. The van der Waals surface area contributed by atoms with Gasteiger partial charge in [-0.3, -0.25) is 9.59 Å². The first-order valence-electron chi connectivity index (χ1n) is 13.2. The van der Waals surface area contributed by atoms with Crippen molar-refractivity contribution in [3.63, 3.8) is 0 Å². The lowest BCUT2D eigenvalue weighted by Crippen LogP contribution is -2.43. The molecule has 1 heterocycles. The van der Waals surface area contributed by atoms with E-state index < -0.39 is 23.8 Å². The van der Waals surface area contributed by atoms with Crippen LogP contribution in [0, 0.1) is 11.8 Å². The predicted molar refractivity (Wildman–Crippen MR) is 151 cm³/mol. The second-order valence-electron chi connectivity index (χ2n) is 9.68. The van der Waals surface area contributed by atoms with E-state index in [0.29, 0.717) is 52.6 Å². The van der Waals surface area contributed by atoms with E-state index in [2.05, 4.69) is 5.32 Å². The molecule has 0 radical (unpaired) electrons. The second-order valence-corrected chi connectivity index (χ2v) is 11.1. The molecule has 7 nitrogen and oxygen atoms in total. The highest BCUT2D eigenvalue weighted by Gasteiger charge is 2.47. The molecule has 0 bridgehead atoms. The number of allylic oxidation sites excluding steroid dienone is 3. The summed E-state index contributed by atoms with van der Waals surface area (Å²) in [5.74, 6) is -1.21. The molecule has 1 aliphatic heterocycles. The lowest BCUT2D eigenvalue weighted by atomic mass is 9.69. The number of benzene rings is 2. The minimum atomic E-state index is -0.952. The zero-order valence-corrected chi connectivity index (χ0v) is 23.6. The van der Waals surface area contributed by atoms with Crippen LogP contribution in [0.25, 0.3) is 0 Å². The Morgan fingerprint density at radius 1 is 1.08 bits per heavy atom. The molecule has 0 saturated carbocycles. The number of carbonyl (C=O) groups excluding carboxylic acids is 3. The largest absolute Gasteiger partial charge is 0.489 e. The zero-order chi connectivity index (χ0) is 27.9. The van der Waals surface area contributed by atoms with E-state index in [1.165, 1.54) is 7.11 Å². The predicted octanol–water partition coefficient (Wildman–Crippen LogP) is 5.17. The number of thioether (sulfide) groups is 1. The number of methoxy groups -OCH3 is 1. The molecule has 1 aliphatic carbocycles. The molecule has 3 atom stereocenters. The molecule has 1 N–H and O–H groups in total. The number of nitrogens with one attached hydrogen (secondary N) is 1. The fourth-order valence-electron chi connectivity index (χ4n) is 5.26. The van der Waals surface area contributed by atoms with Gasteiger partial charge in [0.15, 0.2) is 5.78 Å². The summed E-state index contributed by atoms with van der Waals surface area (Å²) in [5.41, 5.74) is 3.73. The van der Waals surface area contributed by atoms with Gasteiger partial charge in [0.2, 0.25) is 0 Å². The SMILES string of the molecule is CCSCCOC(=O)C1=C(C)NC2=C(C(=O)C(C(=O)OC)C(C)C2)C1c1ccccc1OCc1ccccc1. The number of rotatable bonds is 10. The molecule has 8 heteroatoms. The molecule has 0 spiro atoms. The number of hydrogen-bond donors (Lipinski definition) is 1. The number of para-hydroxylation sites is 1. The molecule has 2 aromatic carbocycles. The van der Waals surface area contributed by atoms with Crippen molar-refractivity contribution in [1.29, 1.82) is 0 Å². The highest BCUT2D eigenvalue weighted by atomic mass is 32.2. The first-order chi connectivity index (χ1) is 18.9. The topological polar surface area (TPSA) is 90.9 Å². The van der Waals surface area contributed by atoms with E-state index in [4.69, 9.17) is 14.2 Å². The third-order valence-corrected chi connectivity index (χ3v) is 7.96. The van der Waals surface area contributed by atoms with E-state index in [-0.39, 0.29) is 18.3 Å². The average Bonchev–Trinajstić information content (AvgIpc) is 2.94. The van der Waals surface area contributed by atoms with Crippen LogP contribution in [-0.4, -0.2) is 42.9 Å². The Bertz CT molecular complexity index is 1280. The summed E-state index contributed by atoms with van der Waals surface area (Å²) in [6, 6.07) is 17.2. The number of hydrogen-bond acceptors (Lipinski definition) is 8. The number of carbonyl (C=O) groups is 3. The van der Waals surface area contributed by atoms with Gasteiger partial charge in [-0.15, -0.1) is 0 Å². The third kappa shape index (κ3) is 6.22. The first kappa shape index (κ1) is 28.5. The normalized spacial score (nSPS) is 20.7. The van der Waals surface area contributed by atoms with E-state index in [9.17, 15) is 14.4 Å². The van der Waals surface area contributed by atoms with Crippen LogP contribution in [0.4, 0.5) is 0 Å². The van der Waals surface area contributed by atoms with Crippen molar-refractivity contribution in [2.75, 3.05) is 25.2 Å². The molecular weight excluding hydrogens is 514 g/mol. The van der Waals surface area contributed by atoms with Crippen molar-refractivity contribution in [1.82, 2.24) is 5.32 Å². The molecular formula is C31H35NO6S. The van der Waals surface area contributed by atoms with Crippen LogP contribution in [0.15, 0.2) is 77.1 Å². The van der Waals surface area contributed by atoms with Gasteiger partial charge < -0.3 is 19.5 Å². The molecule has 39 heavy (non-hydrogen) atoms. The molecule has 0 fully saturated rings. The maximum Gasteiger partial charge on any atom is 0.336 e. The van der Waals surface area contributed by atoms with Crippen LogP contribution in [0.3, 0.4) is 0 Å². The Kier molecular flexibility index (Phi) is 9.51. The quantitative estimate of drug-likeness (QED) is 0.247. The number of Topliss-reactive ketones (excluding diaryl/α,β-unsaturated/α-hetero) is 1. The highest BCUT2D eigenvalue weighted by molar-refractivity contribution is 7.99. The molecule has 0 saturated heterocycles. The van der Waals surface area contributed by atoms with Crippen LogP contribution < -0.4 is 10.1 Å². The minimum absolute atomic E-state index is 0.256. The molecule has 3 unspecified atom stereocenters. The van der Waals surface area contributed by atoms with Gasteiger partial charge in [-0.1, -0.05) is 62.4 Å². The lowest BCUT2D eigenvalue weighted by Gasteiger charge is -2.38. The van der Waals surface area contributed by atoms with Gasteiger partial charge in [-0.25, -0.2) is 4.79 Å². The van der Waals surface area contributed by atoms with Crippen LogP contribution in [-0.2, 0) is 30.5 Å². The standard InChI is InChI=1S/C31H35NO6S/c1-5-39-16-15-37-31(35)26-20(3)32-23-17-19(2)25(30(34)36-4)29(33)28(23)27(26)22-13-9-10-14-24(22)38-18-21-11-7-6-8-12-21/h6-14,19,25,27,32H,5,15-18H2,1-4H3. The Morgan fingerprint density at radius 3 is 2.51 bits per heavy atom. The Morgan fingerprint density at radius 2 is 1.79 bits per heavy atom. The Labute approximate surface area is 234 Å². The van der Waals surface area contributed by atoms with Gasteiger partial charge in [0.05, 0.1) is 18.6 Å². The molecule has 0 amide bonds. The summed E-state index contributed by atoms with van der Waals surface area (Å²) in [5, 5.41) is 3.31. The van der Waals surface area contributed by atoms with Gasteiger partial charge in [0, 0.05) is 28.3 Å². The van der Waals surface area contributed by atoms with Crippen LogP contribution in [0.1, 0.15) is 44.2 Å². The molecule has 206 valence electrons. The van der Waals surface area contributed by atoms with Crippen LogP contribution in [0.2, 0.25) is 0 Å². The summed E-state index contributed by atoms with van der Waals surface area (Å²) in [6.07, 6.45) is 0.469. The smallest absolute Gasteiger partial charge is 0.336 e. The van der Waals surface area contributed by atoms with Crippen molar-refractivity contribution in [2.45, 2.75) is 39.7 Å². The van der Waals surface area contributed by atoms with Gasteiger partial charge in [-0.2, -0.15) is 11.8 Å². The maximum atomic E-state index is 14.0. The molecule has 2 aromatic rings. The summed E-state index contributed by atoms with van der Waals surface area (Å²) in [6.45, 7) is 6.32. The fourth-order valence-corrected chi connectivity index (χ4v) is 5.75. The van der Waals surface area contributed by atoms with E-state index in [1.54, 1.807) is 11.8 Å². The molecule has 4 rings (SSSR count). The van der Waals surface area contributed by atoms with Gasteiger partial charge in [0.1, 0.15) is 24.9 Å². The minimum Gasteiger partial charge on any atom is -0.489 e. The monoisotopic (exact) mass is 549 g/mol. The maximum absolute atomic E-state index is 14.0.